The van der Waals surface area contributed by atoms with Gasteiger partial charge in [0.05, 0.1) is 0 Å². The van der Waals surface area contributed by atoms with E-state index >= 15 is 0 Å². The molecule has 0 saturated heterocycles. The van der Waals surface area contributed by atoms with Gasteiger partial charge in [-0.15, -0.1) is 0 Å². The minimum absolute atomic E-state index is 0.117. The van der Waals surface area contributed by atoms with Crippen LogP contribution in [0.5, 0.6) is 0 Å². The number of halogens is 1. The van der Waals surface area contributed by atoms with Gasteiger partial charge in [-0.3, -0.25) is 4.79 Å². The highest BCUT2D eigenvalue weighted by atomic mass is 35.5. The third-order valence-electron chi connectivity index (χ3n) is 2.95. The fourth-order valence-corrected chi connectivity index (χ4v) is 2.32. The van der Waals surface area contributed by atoms with Crippen molar-refractivity contribution < 1.29 is 0 Å². The quantitative estimate of drug-likeness (QED) is 0.704. The average molecular weight is 256 g/mol. The average Bonchev–Trinajstić information content (AvgIpc) is 2.40. The molecular weight excluding hydrogens is 246 g/mol. The van der Waals surface area contributed by atoms with Crippen LogP contribution in [-0.4, -0.2) is 4.98 Å². The van der Waals surface area contributed by atoms with E-state index in [-0.39, 0.29) is 5.56 Å². The molecule has 0 fully saturated rings. The van der Waals surface area contributed by atoms with E-state index in [1.54, 1.807) is 12.3 Å². The minimum atomic E-state index is -0.117. The Morgan fingerprint density at radius 3 is 2.56 bits per heavy atom. The summed E-state index contributed by atoms with van der Waals surface area (Å²) >= 11 is 6.26. The van der Waals surface area contributed by atoms with E-state index in [1.807, 2.05) is 42.5 Å². The number of rotatable bonds is 1. The molecule has 88 valence electrons. The second-order valence-electron chi connectivity index (χ2n) is 4.09. The third kappa shape index (κ3) is 1.81. The Morgan fingerprint density at radius 2 is 1.78 bits per heavy atom. The van der Waals surface area contributed by atoms with Crippen molar-refractivity contribution in [3.8, 4) is 11.1 Å². The van der Waals surface area contributed by atoms with Crippen LogP contribution >= 0.6 is 11.6 Å². The van der Waals surface area contributed by atoms with Gasteiger partial charge < -0.3 is 4.98 Å². The molecule has 0 saturated carbocycles. The first-order valence-corrected chi connectivity index (χ1v) is 6.00. The second kappa shape index (κ2) is 4.31. The molecule has 3 heteroatoms. The summed E-state index contributed by atoms with van der Waals surface area (Å²) in [6.45, 7) is 0. The molecule has 2 nitrogen and oxygen atoms in total. The van der Waals surface area contributed by atoms with Gasteiger partial charge in [-0.2, -0.15) is 0 Å². The fraction of sp³-hybridized carbons (Fsp3) is 0. The van der Waals surface area contributed by atoms with E-state index < -0.39 is 0 Å². The number of aromatic amines is 1. The van der Waals surface area contributed by atoms with Crippen LogP contribution in [0.1, 0.15) is 0 Å². The summed E-state index contributed by atoms with van der Waals surface area (Å²) in [6.07, 6.45) is 1.65. The molecule has 0 aliphatic carbocycles. The molecule has 0 aliphatic rings. The lowest BCUT2D eigenvalue weighted by Gasteiger charge is -2.06. The van der Waals surface area contributed by atoms with Crippen LogP contribution in [0.4, 0.5) is 0 Å². The van der Waals surface area contributed by atoms with Gasteiger partial charge >= 0.3 is 0 Å². The molecule has 0 bridgehead atoms. The summed E-state index contributed by atoms with van der Waals surface area (Å²) in [6, 6.07) is 15.4. The molecule has 0 atom stereocenters. The largest absolute Gasteiger partial charge is 0.329 e. The molecule has 0 aliphatic heterocycles. The fourth-order valence-electron chi connectivity index (χ4n) is 2.05. The van der Waals surface area contributed by atoms with Gasteiger partial charge in [0.25, 0.3) is 5.56 Å². The van der Waals surface area contributed by atoms with Crippen molar-refractivity contribution in [1.29, 1.82) is 0 Å². The monoisotopic (exact) mass is 255 g/mol. The van der Waals surface area contributed by atoms with Crippen molar-refractivity contribution in [3.63, 3.8) is 0 Å². The Morgan fingerprint density at radius 1 is 1.00 bits per heavy atom. The topological polar surface area (TPSA) is 32.9 Å². The maximum atomic E-state index is 11.7. The molecule has 18 heavy (non-hydrogen) atoms. The van der Waals surface area contributed by atoms with Crippen LogP contribution in [0.3, 0.4) is 0 Å². The number of hydrogen-bond donors (Lipinski definition) is 1. The van der Waals surface area contributed by atoms with Gasteiger partial charge in [0.15, 0.2) is 0 Å². The first-order valence-electron chi connectivity index (χ1n) is 5.62. The van der Waals surface area contributed by atoms with Crippen molar-refractivity contribution in [2.45, 2.75) is 0 Å². The smallest absolute Gasteiger partial charge is 0.255 e. The Labute approximate surface area is 109 Å². The van der Waals surface area contributed by atoms with E-state index in [0.29, 0.717) is 10.4 Å². The Bertz CT molecular complexity index is 762. The predicted molar refractivity (Wildman–Crippen MR) is 75.0 cm³/mol. The molecule has 0 unspecified atom stereocenters. The van der Waals surface area contributed by atoms with Gasteiger partial charge in [-0.1, -0.05) is 41.9 Å². The molecule has 2 aromatic carbocycles. The van der Waals surface area contributed by atoms with E-state index in [2.05, 4.69) is 4.98 Å². The number of hydrogen-bond acceptors (Lipinski definition) is 1. The molecule has 3 rings (SSSR count). The Kier molecular flexibility index (Phi) is 2.65. The minimum Gasteiger partial charge on any atom is -0.329 e. The molecule has 3 aromatic rings. The molecule has 0 spiro atoms. The zero-order chi connectivity index (χ0) is 12.5. The van der Waals surface area contributed by atoms with Gasteiger partial charge in [-0.25, -0.2) is 0 Å². The lowest BCUT2D eigenvalue weighted by molar-refractivity contribution is 1.28. The Hall–Kier alpha value is -2.06. The number of aromatic nitrogens is 1. The summed E-state index contributed by atoms with van der Waals surface area (Å²) in [5, 5.41) is 2.09. The van der Waals surface area contributed by atoms with Crippen LogP contribution in [0.15, 0.2) is 59.5 Å². The second-order valence-corrected chi connectivity index (χ2v) is 4.50. The van der Waals surface area contributed by atoms with Crippen LogP contribution in [-0.2, 0) is 0 Å². The normalized spacial score (nSPS) is 10.7. The van der Waals surface area contributed by atoms with Crippen LogP contribution in [0.25, 0.3) is 21.9 Å². The zero-order valence-corrected chi connectivity index (χ0v) is 10.2. The van der Waals surface area contributed by atoms with Crippen LogP contribution < -0.4 is 5.56 Å². The number of nitrogens with one attached hydrogen (secondary N) is 1. The number of fused-ring (bicyclic) bond motifs is 1. The van der Waals surface area contributed by atoms with Gasteiger partial charge in [0, 0.05) is 22.2 Å². The summed E-state index contributed by atoms with van der Waals surface area (Å²) in [4.78, 5) is 14.3. The molecular formula is C15H10ClNO. The first kappa shape index (κ1) is 11.1. The summed E-state index contributed by atoms with van der Waals surface area (Å²) in [7, 11) is 0. The highest BCUT2D eigenvalue weighted by Crippen LogP contribution is 2.30. The maximum Gasteiger partial charge on any atom is 0.255 e. The molecule has 1 N–H and O–H groups in total. The van der Waals surface area contributed by atoms with E-state index in [4.69, 9.17) is 11.6 Å². The molecule has 1 heterocycles. The van der Waals surface area contributed by atoms with Crippen molar-refractivity contribution in [2.24, 2.45) is 0 Å². The van der Waals surface area contributed by atoms with Crippen molar-refractivity contribution >= 4 is 22.4 Å². The summed E-state index contributed by atoms with van der Waals surface area (Å²) < 4.78 is 0. The highest BCUT2D eigenvalue weighted by Gasteiger charge is 2.07. The summed E-state index contributed by atoms with van der Waals surface area (Å²) in [5.74, 6) is 0. The zero-order valence-electron chi connectivity index (χ0n) is 9.48. The number of pyridine rings is 1. The SMILES string of the molecule is O=c1[nH]ccc2cc(-c3ccccc3)c(Cl)cc12. The van der Waals surface area contributed by atoms with E-state index in [9.17, 15) is 4.79 Å². The lowest BCUT2D eigenvalue weighted by atomic mass is 10.0. The standard InChI is InChI=1S/C15H10ClNO/c16-14-9-13-11(6-7-17-15(13)18)8-12(14)10-4-2-1-3-5-10/h1-9H,(H,17,18). The van der Waals surface area contributed by atoms with E-state index in [0.717, 1.165) is 16.5 Å². The van der Waals surface area contributed by atoms with Gasteiger partial charge in [0.2, 0.25) is 0 Å². The van der Waals surface area contributed by atoms with Gasteiger partial charge in [-0.05, 0) is 29.1 Å². The molecule has 0 amide bonds. The van der Waals surface area contributed by atoms with Gasteiger partial charge in [0.1, 0.15) is 0 Å². The van der Waals surface area contributed by atoms with Crippen LogP contribution in [0.2, 0.25) is 5.02 Å². The molecule has 0 radical (unpaired) electrons. The predicted octanol–water partition coefficient (Wildman–Crippen LogP) is 3.85. The van der Waals surface area contributed by atoms with E-state index in [1.165, 1.54) is 0 Å². The number of benzene rings is 2. The van der Waals surface area contributed by atoms with Crippen molar-refractivity contribution in [3.05, 3.63) is 70.1 Å². The molecule has 1 aromatic heterocycles. The Balaban J connectivity index is 2.33. The lowest BCUT2D eigenvalue weighted by Crippen LogP contribution is -2.04. The highest BCUT2D eigenvalue weighted by molar-refractivity contribution is 6.34. The van der Waals surface area contributed by atoms with Crippen LogP contribution in [0, 0.1) is 0 Å². The van der Waals surface area contributed by atoms with Crippen molar-refractivity contribution in [2.75, 3.05) is 0 Å². The number of H-pyrrole nitrogens is 1. The van der Waals surface area contributed by atoms with Crippen molar-refractivity contribution in [1.82, 2.24) is 4.98 Å². The summed E-state index contributed by atoms with van der Waals surface area (Å²) in [5.41, 5.74) is 1.87. The maximum absolute atomic E-state index is 11.7. The third-order valence-corrected chi connectivity index (χ3v) is 3.26. The first-order chi connectivity index (χ1) is 8.75.